The van der Waals surface area contributed by atoms with Crippen molar-refractivity contribution < 1.29 is 26.4 Å². The first kappa shape index (κ1) is 25.9. The molecule has 1 atom stereocenters. The SMILES string of the molecule is C[C@H]1CN(S(=O)(=O)N(Cc2ccc(-c3nnc(C(F)F)o3)cn2)c2cccc(Cl)c2)CCN1C1COC1. The zero-order chi connectivity index (χ0) is 26.2. The van der Waals surface area contributed by atoms with Gasteiger partial charge in [-0.1, -0.05) is 17.7 Å². The number of alkyl halides is 2. The lowest BCUT2D eigenvalue weighted by Crippen LogP contribution is -2.62. The van der Waals surface area contributed by atoms with Crippen molar-refractivity contribution in [3.8, 4) is 11.5 Å². The normalized spacial score (nSPS) is 19.8. The minimum Gasteiger partial charge on any atom is -0.415 e. The number of piperazine rings is 1. The maximum atomic E-state index is 13.9. The fraction of sp³-hybridized carbons (Fsp3) is 0.435. The molecule has 2 aromatic heterocycles. The minimum absolute atomic E-state index is 0.0311. The molecular weight excluding hydrogens is 530 g/mol. The van der Waals surface area contributed by atoms with Crippen LogP contribution in [0.3, 0.4) is 0 Å². The predicted molar refractivity (Wildman–Crippen MR) is 131 cm³/mol. The van der Waals surface area contributed by atoms with Gasteiger partial charge in [-0.2, -0.15) is 21.5 Å². The molecule has 0 bridgehead atoms. The molecule has 0 saturated carbocycles. The number of rotatable bonds is 8. The molecule has 198 valence electrons. The lowest BCUT2D eigenvalue weighted by molar-refractivity contribution is -0.0873. The number of hydrogen-bond donors (Lipinski definition) is 0. The molecule has 14 heteroatoms. The van der Waals surface area contributed by atoms with E-state index >= 15 is 0 Å². The number of nitrogens with zero attached hydrogens (tertiary/aromatic N) is 6. The second kappa shape index (κ2) is 10.6. The van der Waals surface area contributed by atoms with Crippen LogP contribution in [0.4, 0.5) is 14.5 Å². The average molecular weight is 555 g/mol. The summed E-state index contributed by atoms with van der Waals surface area (Å²) in [5, 5.41) is 7.33. The molecule has 2 saturated heterocycles. The van der Waals surface area contributed by atoms with Crippen molar-refractivity contribution in [3.05, 3.63) is 59.2 Å². The topological polar surface area (TPSA) is 105 Å². The third-order valence-electron chi connectivity index (χ3n) is 6.44. The maximum Gasteiger partial charge on any atom is 0.314 e. The number of aromatic nitrogens is 3. The fourth-order valence-electron chi connectivity index (χ4n) is 4.41. The van der Waals surface area contributed by atoms with E-state index in [0.717, 1.165) is 0 Å². The van der Waals surface area contributed by atoms with Crippen molar-refractivity contribution in [2.45, 2.75) is 32.0 Å². The second-order valence-corrected chi connectivity index (χ2v) is 11.2. The first-order chi connectivity index (χ1) is 17.7. The summed E-state index contributed by atoms with van der Waals surface area (Å²) >= 11 is 6.19. The molecule has 2 aliphatic rings. The highest BCUT2D eigenvalue weighted by atomic mass is 35.5. The van der Waals surface area contributed by atoms with Crippen LogP contribution in [0.2, 0.25) is 5.02 Å². The Bertz CT molecular complexity index is 1340. The summed E-state index contributed by atoms with van der Waals surface area (Å²) in [7, 11) is -3.95. The highest BCUT2D eigenvalue weighted by Gasteiger charge is 2.39. The predicted octanol–water partition coefficient (Wildman–Crippen LogP) is 3.38. The number of anilines is 1. The van der Waals surface area contributed by atoms with Crippen LogP contribution in [0, 0.1) is 0 Å². The van der Waals surface area contributed by atoms with Crippen LogP contribution >= 0.6 is 11.6 Å². The summed E-state index contributed by atoms with van der Waals surface area (Å²) in [6, 6.07) is 10.1. The highest BCUT2D eigenvalue weighted by molar-refractivity contribution is 7.90. The third-order valence-corrected chi connectivity index (χ3v) is 8.55. The van der Waals surface area contributed by atoms with Gasteiger partial charge in [0.1, 0.15) is 0 Å². The van der Waals surface area contributed by atoms with Crippen LogP contribution in [0.1, 0.15) is 24.9 Å². The fourth-order valence-corrected chi connectivity index (χ4v) is 6.27. The van der Waals surface area contributed by atoms with E-state index in [0.29, 0.717) is 60.9 Å². The number of halogens is 3. The Labute approximate surface area is 218 Å². The molecule has 0 amide bonds. The molecule has 2 aliphatic heterocycles. The molecule has 5 rings (SSSR count). The lowest BCUT2D eigenvalue weighted by atomic mass is 10.1. The summed E-state index contributed by atoms with van der Waals surface area (Å²) < 4.78 is 66.4. The molecule has 0 N–H and O–H groups in total. The highest BCUT2D eigenvalue weighted by Crippen LogP contribution is 2.29. The van der Waals surface area contributed by atoms with Crippen molar-refractivity contribution in [2.24, 2.45) is 0 Å². The van der Waals surface area contributed by atoms with Gasteiger partial charge in [0.2, 0.25) is 5.89 Å². The zero-order valence-electron chi connectivity index (χ0n) is 19.9. The van der Waals surface area contributed by atoms with Crippen LogP contribution < -0.4 is 4.31 Å². The van der Waals surface area contributed by atoms with E-state index in [-0.39, 0.29) is 18.5 Å². The summed E-state index contributed by atoms with van der Waals surface area (Å²) in [5.74, 6) is -0.881. The summed E-state index contributed by atoms with van der Waals surface area (Å²) in [6.45, 7) is 4.57. The van der Waals surface area contributed by atoms with Crippen molar-refractivity contribution in [1.82, 2.24) is 24.4 Å². The van der Waals surface area contributed by atoms with Crippen LogP contribution in [0.25, 0.3) is 11.5 Å². The van der Waals surface area contributed by atoms with Gasteiger partial charge in [0.05, 0.1) is 42.7 Å². The standard InChI is InChI=1S/C23H25ClF2N6O4S/c1-15-11-30(7-8-31(15)20-13-35-14-20)37(33,34)32(19-4-2-3-17(24)9-19)12-18-6-5-16(10-27-18)22-28-29-23(36-22)21(25)26/h2-6,9-10,15,20-21H,7-8,11-14H2,1H3/t15-/m0/s1. The third kappa shape index (κ3) is 5.46. The minimum atomic E-state index is -3.95. The number of pyridine rings is 1. The average Bonchev–Trinajstić information content (AvgIpc) is 3.34. The van der Waals surface area contributed by atoms with E-state index in [4.69, 9.17) is 20.8 Å². The molecule has 0 unspecified atom stereocenters. The maximum absolute atomic E-state index is 13.9. The van der Waals surface area contributed by atoms with Crippen molar-refractivity contribution >= 4 is 27.5 Å². The number of ether oxygens (including phenoxy) is 1. The van der Waals surface area contributed by atoms with Gasteiger partial charge in [-0.3, -0.25) is 14.2 Å². The van der Waals surface area contributed by atoms with Gasteiger partial charge in [0.25, 0.3) is 5.89 Å². The molecule has 2 fully saturated rings. The Morgan fingerprint density at radius 2 is 2.00 bits per heavy atom. The number of hydrogen-bond acceptors (Lipinski definition) is 8. The molecule has 4 heterocycles. The Kier molecular flexibility index (Phi) is 7.41. The van der Waals surface area contributed by atoms with Crippen LogP contribution in [0.5, 0.6) is 0 Å². The molecule has 3 aromatic rings. The van der Waals surface area contributed by atoms with Gasteiger partial charge in [-0.05, 0) is 37.3 Å². The van der Waals surface area contributed by atoms with Crippen molar-refractivity contribution in [3.63, 3.8) is 0 Å². The first-order valence-corrected chi connectivity index (χ1v) is 13.4. The summed E-state index contributed by atoms with van der Waals surface area (Å²) in [5.41, 5.74) is 1.17. The van der Waals surface area contributed by atoms with Crippen molar-refractivity contribution in [2.75, 3.05) is 37.2 Å². The first-order valence-electron chi connectivity index (χ1n) is 11.7. The Balaban J connectivity index is 1.39. The molecule has 10 nitrogen and oxygen atoms in total. The van der Waals surface area contributed by atoms with Crippen LogP contribution in [-0.2, 0) is 21.5 Å². The van der Waals surface area contributed by atoms with Crippen LogP contribution in [0.15, 0.2) is 47.0 Å². The largest absolute Gasteiger partial charge is 0.415 e. The number of benzene rings is 1. The molecule has 1 aromatic carbocycles. The lowest BCUT2D eigenvalue weighted by Gasteiger charge is -2.46. The van der Waals surface area contributed by atoms with E-state index in [2.05, 4.69) is 20.1 Å². The monoisotopic (exact) mass is 554 g/mol. The van der Waals surface area contributed by atoms with E-state index in [1.807, 2.05) is 6.92 Å². The molecule has 0 radical (unpaired) electrons. The van der Waals surface area contributed by atoms with Crippen molar-refractivity contribution in [1.29, 1.82) is 0 Å². The van der Waals surface area contributed by atoms with Gasteiger partial charge in [-0.25, -0.2) is 0 Å². The van der Waals surface area contributed by atoms with Gasteiger partial charge in [-0.15, -0.1) is 10.2 Å². The van der Waals surface area contributed by atoms with E-state index in [9.17, 15) is 17.2 Å². The van der Waals surface area contributed by atoms with E-state index < -0.39 is 22.5 Å². The summed E-state index contributed by atoms with van der Waals surface area (Å²) in [6.07, 6.45) is -1.50. The smallest absolute Gasteiger partial charge is 0.314 e. The Hall–Kier alpha value is -2.71. The van der Waals surface area contributed by atoms with Crippen LogP contribution in [-0.4, -0.2) is 77.7 Å². The summed E-state index contributed by atoms with van der Waals surface area (Å²) in [4.78, 5) is 6.62. The van der Waals surface area contributed by atoms with Gasteiger partial charge in [0.15, 0.2) is 0 Å². The Morgan fingerprint density at radius 1 is 1.19 bits per heavy atom. The van der Waals surface area contributed by atoms with Gasteiger partial charge < -0.3 is 9.15 Å². The Morgan fingerprint density at radius 3 is 2.59 bits per heavy atom. The van der Waals surface area contributed by atoms with E-state index in [1.54, 1.807) is 36.4 Å². The molecule has 0 spiro atoms. The zero-order valence-corrected chi connectivity index (χ0v) is 21.4. The van der Waals surface area contributed by atoms with Gasteiger partial charge in [0, 0.05) is 36.9 Å². The quantitative estimate of drug-likeness (QED) is 0.417. The second-order valence-electron chi connectivity index (χ2n) is 8.91. The molecular formula is C23H25ClF2N6O4S. The van der Waals surface area contributed by atoms with E-state index in [1.165, 1.54) is 14.8 Å². The molecule has 0 aliphatic carbocycles. The van der Waals surface area contributed by atoms with Gasteiger partial charge >= 0.3 is 16.6 Å². The molecule has 37 heavy (non-hydrogen) atoms.